The van der Waals surface area contributed by atoms with Gasteiger partial charge in [-0.3, -0.25) is 14.5 Å². The van der Waals surface area contributed by atoms with Crippen molar-refractivity contribution in [2.45, 2.75) is 44.7 Å². The first-order chi connectivity index (χ1) is 12.5. The molecule has 142 valence electrons. The van der Waals surface area contributed by atoms with Crippen LogP contribution in [-0.4, -0.2) is 69.8 Å². The standard InChI is InChI=1S/C18H27N5O3/c1-11(24)19-8-16-13-6-12(15-4-2-3-5-23(15)16)9-22(10-13)17(25)14-7-20-18(26)21-14/h7,12-13,15-16H,2-6,8-10H2,1H3,(H,19,24)(H2,20,21,26)/t12-,13+,15+,16+/m1/s1. The van der Waals surface area contributed by atoms with Gasteiger partial charge in [-0.15, -0.1) is 0 Å². The molecule has 0 radical (unpaired) electrons. The molecule has 3 aliphatic heterocycles. The zero-order chi connectivity index (χ0) is 18.3. The summed E-state index contributed by atoms with van der Waals surface area (Å²) >= 11 is 0. The van der Waals surface area contributed by atoms with Crippen LogP contribution in [0.5, 0.6) is 0 Å². The van der Waals surface area contributed by atoms with Gasteiger partial charge in [0.25, 0.3) is 5.91 Å². The van der Waals surface area contributed by atoms with Gasteiger partial charge < -0.3 is 20.2 Å². The third-order valence-corrected chi connectivity index (χ3v) is 6.30. The van der Waals surface area contributed by atoms with Gasteiger partial charge in [0.05, 0.1) is 0 Å². The summed E-state index contributed by atoms with van der Waals surface area (Å²) in [5.74, 6) is 0.705. The number of nitrogens with one attached hydrogen (secondary N) is 3. The van der Waals surface area contributed by atoms with E-state index in [0.29, 0.717) is 36.7 Å². The largest absolute Gasteiger partial charge is 0.355 e. The van der Waals surface area contributed by atoms with Crippen LogP contribution in [0.4, 0.5) is 0 Å². The average molecular weight is 361 g/mol. The summed E-state index contributed by atoms with van der Waals surface area (Å²) in [5, 5.41) is 2.99. The quantitative estimate of drug-likeness (QED) is 0.713. The molecule has 4 heterocycles. The fourth-order valence-corrected chi connectivity index (χ4v) is 5.22. The summed E-state index contributed by atoms with van der Waals surface area (Å²) in [7, 11) is 0. The highest BCUT2D eigenvalue weighted by Crippen LogP contribution is 2.41. The lowest BCUT2D eigenvalue weighted by Crippen LogP contribution is -2.66. The van der Waals surface area contributed by atoms with Gasteiger partial charge in [0.2, 0.25) is 5.91 Å². The minimum absolute atomic E-state index is 0.00526. The fraction of sp³-hybridized carbons (Fsp3) is 0.722. The van der Waals surface area contributed by atoms with E-state index in [1.807, 2.05) is 4.90 Å². The fourth-order valence-electron chi connectivity index (χ4n) is 5.22. The normalized spacial score (nSPS) is 31.3. The first kappa shape index (κ1) is 17.3. The van der Waals surface area contributed by atoms with E-state index in [4.69, 9.17) is 0 Å². The van der Waals surface area contributed by atoms with E-state index in [9.17, 15) is 14.4 Å². The zero-order valence-electron chi connectivity index (χ0n) is 15.2. The van der Waals surface area contributed by atoms with Crippen LogP contribution in [0.25, 0.3) is 0 Å². The molecular weight excluding hydrogens is 334 g/mol. The van der Waals surface area contributed by atoms with Crippen LogP contribution in [0, 0.1) is 11.8 Å². The number of likely N-dealkylation sites (tertiary alicyclic amines) is 1. The molecule has 2 amide bonds. The van der Waals surface area contributed by atoms with Crippen molar-refractivity contribution in [1.29, 1.82) is 0 Å². The maximum atomic E-state index is 12.8. The van der Waals surface area contributed by atoms with Gasteiger partial charge in [-0.1, -0.05) is 6.42 Å². The number of imidazole rings is 1. The van der Waals surface area contributed by atoms with E-state index in [-0.39, 0.29) is 23.5 Å². The molecule has 0 unspecified atom stereocenters. The molecule has 26 heavy (non-hydrogen) atoms. The smallest absolute Gasteiger partial charge is 0.323 e. The lowest BCUT2D eigenvalue weighted by atomic mass is 9.72. The Morgan fingerprint density at radius 2 is 2.08 bits per heavy atom. The van der Waals surface area contributed by atoms with Crippen LogP contribution in [0.1, 0.15) is 43.1 Å². The minimum Gasteiger partial charge on any atom is -0.355 e. The lowest BCUT2D eigenvalue weighted by Gasteiger charge is -2.56. The minimum atomic E-state index is -0.354. The molecular formula is C18H27N5O3. The Morgan fingerprint density at radius 3 is 2.81 bits per heavy atom. The predicted molar refractivity (Wildman–Crippen MR) is 95.7 cm³/mol. The number of piperidine rings is 3. The molecule has 3 aliphatic rings. The van der Waals surface area contributed by atoms with Crippen LogP contribution in [0.15, 0.2) is 11.0 Å². The van der Waals surface area contributed by atoms with E-state index < -0.39 is 0 Å². The van der Waals surface area contributed by atoms with E-state index in [2.05, 4.69) is 20.2 Å². The highest BCUT2D eigenvalue weighted by atomic mass is 16.2. The van der Waals surface area contributed by atoms with E-state index in [1.54, 1.807) is 6.92 Å². The molecule has 1 aromatic rings. The molecule has 3 N–H and O–H groups in total. The number of hydrogen-bond donors (Lipinski definition) is 3. The summed E-state index contributed by atoms with van der Waals surface area (Å²) in [6, 6.07) is 0.765. The molecule has 3 saturated heterocycles. The van der Waals surface area contributed by atoms with E-state index in [0.717, 1.165) is 25.9 Å². The van der Waals surface area contributed by atoms with Crippen LogP contribution in [0.2, 0.25) is 0 Å². The van der Waals surface area contributed by atoms with E-state index in [1.165, 1.54) is 19.0 Å². The Morgan fingerprint density at radius 1 is 1.27 bits per heavy atom. The number of nitrogens with zero attached hydrogens (tertiary/aromatic N) is 2. The topological polar surface area (TPSA) is 101 Å². The number of carbonyl (C=O) groups is 2. The van der Waals surface area contributed by atoms with Crippen LogP contribution >= 0.6 is 0 Å². The van der Waals surface area contributed by atoms with Crippen molar-refractivity contribution in [2.75, 3.05) is 26.2 Å². The van der Waals surface area contributed by atoms with Crippen molar-refractivity contribution >= 4 is 11.8 Å². The Hall–Kier alpha value is -2.09. The second-order valence-corrected chi connectivity index (χ2v) is 7.93. The van der Waals surface area contributed by atoms with Crippen molar-refractivity contribution in [3.05, 3.63) is 22.4 Å². The predicted octanol–water partition coefficient (Wildman–Crippen LogP) is 0.154. The third kappa shape index (κ3) is 3.18. The van der Waals surface area contributed by atoms with Crippen molar-refractivity contribution in [3.63, 3.8) is 0 Å². The average Bonchev–Trinajstić information content (AvgIpc) is 3.07. The number of amides is 2. The van der Waals surface area contributed by atoms with Crippen LogP contribution in [0.3, 0.4) is 0 Å². The summed E-state index contributed by atoms with van der Waals surface area (Å²) in [4.78, 5) is 45.2. The van der Waals surface area contributed by atoms with E-state index >= 15 is 0 Å². The van der Waals surface area contributed by atoms with Crippen molar-refractivity contribution in [3.8, 4) is 0 Å². The number of H-pyrrole nitrogens is 2. The molecule has 0 aromatic carbocycles. The second-order valence-electron chi connectivity index (χ2n) is 7.93. The SMILES string of the molecule is CC(=O)NC[C@H]1[C@H]2C[C@H](CN(C(=O)c3c[nH]c(=O)[nH]3)C2)[C@@H]2CCCCN21. The highest BCUT2D eigenvalue weighted by molar-refractivity contribution is 5.92. The molecule has 4 atom stereocenters. The summed E-state index contributed by atoms with van der Waals surface area (Å²) < 4.78 is 0. The number of aromatic nitrogens is 2. The van der Waals surface area contributed by atoms with Crippen molar-refractivity contribution < 1.29 is 9.59 Å². The molecule has 0 spiro atoms. The number of carbonyl (C=O) groups excluding carboxylic acids is 2. The maximum Gasteiger partial charge on any atom is 0.323 e. The zero-order valence-corrected chi connectivity index (χ0v) is 15.2. The summed E-state index contributed by atoms with van der Waals surface area (Å²) in [5.41, 5.74) is -0.0265. The molecule has 8 nitrogen and oxygen atoms in total. The molecule has 8 heteroatoms. The lowest BCUT2D eigenvalue weighted by molar-refractivity contribution is -0.120. The number of fused-ring (bicyclic) bond motifs is 4. The first-order valence-corrected chi connectivity index (χ1v) is 9.60. The van der Waals surface area contributed by atoms with Gasteiger partial charge in [0.15, 0.2) is 0 Å². The van der Waals surface area contributed by atoms with Gasteiger partial charge in [0.1, 0.15) is 5.69 Å². The van der Waals surface area contributed by atoms with Gasteiger partial charge in [-0.05, 0) is 37.6 Å². The number of aromatic amines is 2. The van der Waals surface area contributed by atoms with Gasteiger partial charge >= 0.3 is 5.69 Å². The molecule has 4 rings (SSSR count). The van der Waals surface area contributed by atoms with Crippen molar-refractivity contribution in [2.24, 2.45) is 11.8 Å². The second kappa shape index (κ2) is 6.90. The van der Waals surface area contributed by atoms with Crippen LogP contribution < -0.4 is 11.0 Å². The van der Waals surface area contributed by atoms with Crippen molar-refractivity contribution in [1.82, 2.24) is 25.1 Å². The van der Waals surface area contributed by atoms with Crippen LogP contribution in [-0.2, 0) is 4.79 Å². The number of rotatable bonds is 3. The molecule has 0 aliphatic carbocycles. The first-order valence-electron chi connectivity index (χ1n) is 9.60. The Labute approximate surface area is 152 Å². The Kier molecular flexibility index (Phi) is 4.60. The Bertz CT molecular complexity index is 741. The molecule has 3 fully saturated rings. The monoisotopic (exact) mass is 361 g/mol. The number of hydrogen-bond acceptors (Lipinski definition) is 4. The van der Waals surface area contributed by atoms with Gasteiger partial charge in [-0.2, -0.15) is 0 Å². The molecule has 1 aromatic heterocycles. The highest BCUT2D eigenvalue weighted by Gasteiger charge is 2.47. The maximum absolute atomic E-state index is 12.8. The molecule has 2 bridgehead atoms. The Balaban J connectivity index is 1.55. The molecule has 0 saturated carbocycles. The summed E-state index contributed by atoms with van der Waals surface area (Å²) in [6.07, 6.45) is 6.17. The summed E-state index contributed by atoms with van der Waals surface area (Å²) in [6.45, 7) is 4.71. The van der Waals surface area contributed by atoms with Gasteiger partial charge in [-0.25, -0.2) is 4.79 Å². The van der Waals surface area contributed by atoms with Gasteiger partial charge in [0, 0.05) is 44.8 Å². The third-order valence-electron chi connectivity index (χ3n) is 6.30.